The minimum atomic E-state index is 0.188. The van der Waals surface area contributed by atoms with Gasteiger partial charge in [-0.3, -0.25) is 0 Å². The highest BCUT2D eigenvalue weighted by molar-refractivity contribution is 5.21. The molecule has 1 aromatic carbocycles. The monoisotopic (exact) mass is 221 g/mol. The van der Waals surface area contributed by atoms with Gasteiger partial charge in [-0.2, -0.15) is 0 Å². The van der Waals surface area contributed by atoms with E-state index in [-0.39, 0.29) is 12.6 Å². The summed E-state index contributed by atoms with van der Waals surface area (Å²) in [6.07, 6.45) is 2.19. The maximum Gasteiger partial charge on any atom is 0.0582 e. The van der Waals surface area contributed by atoms with Crippen LogP contribution in [0.1, 0.15) is 31.4 Å². The summed E-state index contributed by atoms with van der Waals surface area (Å²) in [6.45, 7) is 6.48. The lowest BCUT2D eigenvalue weighted by atomic mass is 10.0. The van der Waals surface area contributed by atoms with E-state index in [0.29, 0.717) is 6.04 Å². The summed E-state index contributed by atoms with van der Waals surface area (Å²) in [5.41, 5.74) is 2.69. The van der Waals surface area contributed by atoms with E-state index in [0.717, 1.165) is 12.8 Å². The number of benzene rings is 1. The molecular formula is C14H23NO. The second-order valence-corrected chi connectivity index (χ2v) is 4.68. The van der Waals surface area contributed by atoms with E-state index in [1.165, 1.54) is 11.1 Å². The Hall–Kier alpha value is -0.860. The Morgan fingerprint density at radius 2 is 1.75 bits per heavy atom. The summed E-state index contributed by atoms with van der Waals surface area (Å²) in [5, 5.41) is 12.3. The van der Waals surface area contributed by atoms with E-state index in [4.69, 9.17) is 5.11 Å². The quantitative estimate of drug-likeness (QED) is 0.772. The van der Waals surface area contributed by atoms with Crippen molar-refractivity contribution in [2.24, 2.45) is 0 Å². The molecule has 90 valence electrons. The second-order valence-electron chi connectivity index (χ2n) is 4.68. The molecule has 2 nitrogen and oxygen atoms in total. The Morgan fingerprint density at radius 3 is 2.31 bits per heavy atom. The predicted octanol–water partition coefficient (Wildman–Crippen LogP) is 2.29. The maximum absolute atomic E-state index is 8.94. The number of aryl methyl sites for hydroxylation is 2. The molecule has 2 N–H and O–H groups in total. The molecule has 0 fully saturated rings. The average Bonchev–Trinajstić information content (AvgIpc) is 2.28. The smallest absolute Gasteiger partial charge is 0.0582 e. The summed E-state index contributed by atoms with van der Waals surface area (Å²) in [7, 11) is 0. The lowest BCUT2D eigenvalue weighted by Gasteiger charge is -2.18. The SMILES string of the molecule is Cc1ccc(CCC(C)N[C@@H](C)CO)cc1. The molecule has 0 saturated heterocycles. The van der Waals surface area contributed by atoms with Crippen molar-refractivity contribution in [3.63, 3.8) is 0 Å². The molecule has 0 aliphatic heterocycles. The Labute approximate surface area is 98.7 Å². The molecule has 0 heterocycles. The first-order valence-corrected chi connectivity index (χ1v) is 6.04. The highest BCUT2D eigenvalue weighted by atomic mass is 16.3. The average molecular weight is 221 g/mol. The van der Waals surface area contributed by atoms with Gasteiger partial charge in [-0.1, -0.05) is 29.8 Å². The third-order valence-electron chi connectivity index (χ3n) is 2.83. The molecule has 0 bridgehead atoms. The van der Waals surface area contributed by atoms with Gasteiger partial charge in [-0.05, 0) is 39.2 Å². The first-order chi connectivity index (χ1) is 7.61. The van der Waals surface area contributed by atoms with E-state index in [2.05, 4.69) is 43.4 Å². The molecular weight excluding hydrogens is 198 g/mol. The highest BCUT2D eigenvalue weighted by Crippen LogP contribution is 2.07. The fourth-order valence-electron chi connectivity index (χ4n) is 1.76. The molecule has 0 aliphatic rings. The van der Waals surface area contributed by atoms with Crippen molar-refractivity contribution in [3.8, 4) is 0 Å². The molecule has 2 heteroatoms. The number of nitrogens with one attached hydrogen (secondary N) is 1. The van der Waals surface area contributed by atoms with Crippen LogP contribution >= 0.6 is 0 Å². The Bertz CT molecular complexity index is 294. The number of rotatable bonds is 6. The second kappa shape index (κ2) is 6.66. The van der Waals surface area contributed by atoms with E-state index in [1.54, 1.807) is 0 Å². The fraction of sp³-hybridized carbons (Fsp3) is 0.571. The zero-order valence-electron chi connectivity index (χ0n) is 10.5. The van der Waals surface area contributed by atoms with Gasteiger partial charge in [-0.25, -0.2) is 0 Å². The maximum atomic E-state index is 8.94. The van der Waals surface area contributed by atoms with Gasteiger partial charge in [0.15, 0.2) is 0 Å². The molecule has 0 saturated carbocycles. The third kappa shape index (κ3) is 4.77. The lowest BCUT2D eigenvalue weighted by molar-refractivity contribution is 0.241. The van der Waals surface area contributed by atoms with Crippen LogP contribution in [0, 0.1) is 6.92 Å². The Kier molecular flexibility index (Phi) is 5.50. The van der Waals surface area contributed by atoms with Gasteiger partial charge in [0, 0.05) is 12.1 Å². The number of aliphatic hydroxyl groups excluding tert-OH is 1. The molecule has 16 heavy (non-hydrogen) atoms. The minimum absolute atomic E-state index is 0.188. The minimum Gasteiger partial charge on any atom is -0.395 e. The van der Waals surface area contributed by atoms with E-state index in [9.17, 15) is 0 Å². The van der Waals surface area contributed by atoms with Crippen LogP contribution in [0.15, 0.2) is 24.3 Å². The molecule has 0 spiro atoms. The van der Waals surface area contributed by atoms with Gasteiger partial charge in [-0.15, -0.1) is 0 Å². The summed E-state index contributed by atoms with van der Waals surface area (Å²) >= 11 is 0. The highest BCUT2D eigenvalue weighted by Gasteiger charge is 2.06. The summed E-state index contributed by atoms with van der Waals surface area (Å²) < 4.78 is 0. The molecule has 0 aliphatic carbocycles. The topological polar surface area (TPSA) is 32.3 Å². The van der Waals surface area contributed by atoms with Crippen LogP contribution in [0.4, 0.5) is 0 Å². The van der Waals surface area contributed by atoms with Gasteiger partial charge >= 0.3 is 0 Å². The molecule has 0 amide bonds. The molecule has 1 rings (SSSR count). The standard InChI is InChI=1S/C14H23NO/c1-11-4-7-14(8-5-11)9-6-12(2)15-13(3)10-16/h4-5,7-8,12-13,15-16H,6,9-10H2,1-3H3/t12?,13-/m0/s1. The Morgan fingerprint density at radius 1 is 1.12 bits per heavy atom. The van der Waals surface area contributed by atoms with Crippen molar-refractivity contribution in [1.82, 2.24) is 5.32 Å². The van der Waals surface area contributed by atoms with Gasteiger partial charge in [0.1, 0.15) is 0 Å². The molecule has 1 aromatic rings. The third-order valence-corrected chi connectivity index (χ3v) is 2.83. The van der Waals surface area contributed by atoms with Crippen molar-refractivity contribution >= 4 is 0 Å². The first-order valence-electron chi connectivity index (χ1n) is 6.04. The summed E-state index contributed by atoms with van der Waals surface area (Å²) in [6, 6.07) is 9.33. The van der Waals surface area contributed by atoms with Crippen LogP contribution in [0.5, 0.6) is 0 Å². The van der Waals surface area contributed by atoms with Gasteiger partial charge in [0.25, 0.3) is 0 Å². The molecule has 2 atom stereocenters. The normalized spacial score (nSPS) is 14.8. The Balaban J connectivity index is 2.31. The van der Waals surface area contributed by atoms with Crippen LogP contribution in [0.25, 0.3) is 0 Å². The molecule has 0 aromatic heterocycles. The molecule has 0 radical (unpaired) electrons. The zero-order valence-corrected chi connectivity index (χ0v) is 10.5. The predicted molar refractivity (Wildman–Crippen MR) is 68.6 cm³/mol. The summed E-state index contributed by atoms with van der Waals surface area (Å²) in [5.74, 6) is 0. The van der Waals surface area contributed by atoms with Crippen molar-refractivity contribution in [1.29, 1.82) is 0 Å². The molecule has 1 unspecified atom stereocenters. The number of hydrogen-bond acceptors (Lipinski definition) is 2. The van der Waals surface area contributed by atoms with Gasteiger partial charge < -0.3 is 10.4 Å². The van der Waals surface area contributed by atoms with Crippen LogP contribution in [-0.4, -0.2) is 23.8 Å². The van der Waals surface area contributed by atoms with Crippen LogP contribution in [-0.2, 0) is 6.42 Å². The first kappa shape index (κ1) is 13.2. The van der Waals surface area contributed by atoms with Crippen LogP contribution < -0.4 is 5.32 Å². The van der Waals surface area contributed by atoms with Crippen molar-refractivity contribution in [2.75, 3.05) is 6.61 Å². The van der Waals surface area contributed by atoms with E-state index >= 15 is 0 Å². The van der Waals surface area contributed by atoms with E-state index in [1.807, 2.05) is 6.92 Å². The van der Waals surface area contributed by atoms with Gasteiger partial charge in [0.2, 0.25) is 0 Å². The van der Waals surface area contributed by atoms with Gasteiger partial charge in [0.05, 0.1) is 6.61 Å². The van der Waals surface area contributed by atoms with Crippen molar-refractivity contribution < 1.29 is 5.11 Å². The van der Waals surface area contributed by atoms with Crippen molar-refractivity contribution in [3.05, 3.63) is 35.4 Å². The van der Waals surface area contributed by atoms with Crippen LogP contribution in [0.3, 0.4) is 0 Å². The summed E-state index contributed by atoms with van der Waals surface area (Å²) in [4.78, 5) is 0. The number of hydrogen-bond donors (Lipinski definition) is 2. The largest absolute Gasteiger partial charge is 0.395 e. The van der Waals surface area contributed by atoms with Crippen molar-refractivity contribution in [2.45, 2.75) is 45.7 Å². The number of aliphatic hydroxyl groups is 1. The van der Waals surface area contributed by atoms with E-state index < -0.39 is 0 Å². The fourth-order valence-corrected chi connectivity index (χ4v) is 1.76. The van der Waals surface area contributed by atoms with Crippen LogP contribution in [0.2, 0.25) is 0 Å². The lowest BCUT2D eigenvalue weighted by Crippen LogP contribution is -2.36. The zero-order chi connectivity index (χ0) is 12.0.